The highest BCUT2D eigenvalue weighted by molar-refractivity contribution is 7.91. The average molecular weight is 321 g/mol. The molecule has 0 bridgehead atoms. The molecule has 2 aromatic rings. The third kappa shape index (κ3) is 4.14. The van der Waals surface area contributed by atoms with Gasteiger partial charge in [0.15, 0.2) is 11.5 Å². The molecule has 0 amide bonds. The smallest absolute Gasteiger partial charge is 0.236 e. The molecule has 118 valence electrons. The molecule has 0 aliphatic carbocycles. The summed E-state index contributed by atoms with van der Waals surface area (Å²) in [5.74, 6) is 0.934. The first kappa shape index (κ1) is 16.2. The van der Waals surface area contributed by atoms with Gasteiger partial charge in [0, 0.05) is 6.07 Å². The molecule has 6 heteroatoms. The second-order valence-corrected chi connectivity index (χ2v) is 6.64. The number of benzene rings is 2. The molecule has 2 aromatic carbocycles. The van der Waals surface area contributed by atoms with Crippen LogP contribution >= 0.6 is 0 Å². The molecule has 0 saturated carbocycles. The molecule has 0 aliphatic heterocycles. The highest BCUT2D eigenvalue weighted by atomic mass is 32.2. The van der Waals surface area contributed by atoms with E-state index in [1.807, 2.05) is 31.2 Å². The molecule has 0 heterocycles. The van der Waals surface area contributed by atoms with Gasteiger partial charge >= 0.3 is 0 Å². The summed E-state index contributed by atoms with van der Waals surface area (Å²) in [6.07, 6.45) is 0. The second kappa shape index (κ2) is 6.70. The molecule has 0 aliphatic rings. The summed E-state index contributed by atoms with van der Waals surface area (Å²) in [5.41, 5.74) is 2.26. The molecule has 0 atom stereocenters. The molecule has 0 spiro atoms. The highest BCUT2D eigenvalue weighted by Gasteiger charge is 2.13. The number of nitrogens with one attached hydrogen (secondary N) is 1. The predicted octanol–water partition coefficient (Wildman–Crippen LogP) is 2.95. The molecule has 0 unspecified atom stereocenters. The lowest BCUT2D eigenvalue weighted by atomic mass is 10.2. The Morgan fingerprint density at radius 3 is 2.18 bits per heavy atom. The zero-order valence-corrected chi connectivity index (χ0v) is 13.6. The Morgan fingerprint density at radius 2 is 1.59 bits per heavy atom. The van der Waals surface area contributed by atoms with Crippen molar-refractivity contribution in [3.63, 3.8) is 0 Å². The molecule has 2 rings (SSSR count). The van der Waals surface area contributed by atoms with Crippen LogP contribution in [-0.2, 0) is 15.8 Å². The van der Waals surface area contributed by atoms with E-state index in [0.29, 0.717) is 17.2 Å². The van der Waals surface area contributed by atoms with E-state index in [2.05, 4.69) is 4.72 Å². The fourth-order valence-electron chi connectivity index (χ4n) is 2.02. The maximum atomic E-state index is 12.2. The number of hydrogen-bond donors (Lipinski definition) is 1. The van der Waals surface area contributed by atoms with E-state index < -0.39 is 10.0 Å². The Kier molecular flexibility index (Phi) is 4.92. The van der Waals surface area contributed by atoms with Crippen LogP contribution < -0.4 is 14.2 Å². The van der Waals surface area contributed by atoms with E-state index in [1.165, 1.54) is 14.2 Å². The van der Waals surface area contributed by atoms with Crippen molar-refractivity contribution in [2.75, 3.05) is 18.9 Å². The van der Waals surface area contributed by atoms with Crippen molar-refractivity contribution in [1.82, 2.24) is 0 Å². The number of rotatable bonds is 6. The van der Waals surface area contributed by atoms with Crippen molar-refractivity contribution < 1.29 is 17.9 Å². The lowest BCUT2D eigenvalue weighted by molar-refractivity contribution is 0.355. The van der Waals surface area contributed by atoms with Crippen molar-refractivity contribution in [2.24, 2.45) is 0 Å². The van der Waals surface area contributed by atoms with Crippen LogP contribution in [0.15, 0.2) is 42.5 Å². The number of aryl methyl sites for hydroxylation is 1. The molecule has 1 N–H and O–H groups in total. The van der Waals surface area contributed by atoms with E-state index in [9.17, 15) is 8.42 Å². The van der Waals surface area contributed by atoms with Gasteiger partial charge in [-0.3, -0.25) is 4.72 Å². The Morgan fingerprint density at radius 1 is 0.955 bits per heavy atom. The number of hydrogen-bond acceptors (Lipinski definition) is 4. The molecule has 22 heavy (non-hydrogen) atoms. The number of methoxy groups -OCH3 is 2. The summed E-state index contributed by atoms with van der Waals surface area (Å²) in [5, 5.41) is 0. The van der Waals surface area contributed by atoms with E-state index in [4.69, 9.17) is 9.47 Å². The summed E-state index contributed by atoms with van der Waals surface area (Å²) in [7, 11) is -0.462. The fraction of sp³-hybridized carbons (Fsp3) is 0.250. The Labute approximate surface area is 130 Å². The average Bonchev–Trinajstić information content (AvgIpc) is 2.48. The highest BCUT2D eigenvalue weighted by Crippen LogP contribution is 2.30. The lowest BCUT2D eigenvalue weighted by Crippen LogP contribution is -2.15. The van der Waals surface area contributed by atoms with Gasteiger partial charge in [-0.2, -0.15) is 0 Å². The van der Waals surface area contributed by atoms with Gasteiger partial charge in [-0.05, 0) is 24.6 Å². The molecule has 0 saturated heterocycles. The van der Waals surface area contributed by atoms with Crippen molar-refractivity contribution in [1.29, 1.82) is 0 Å². The summed E-state index contributed by atoms with van der Waals surface area (Å²) in [4.78, 5) is 0. The van der Waals surface area contributed by atoms with Crippen LogP contribution in [0, 0.1) is 6.92 Å². The van der Waals surface area contributed by atoms with Gasteiger partial charge in [0.25, 0.3) is 0 Å². The fourth-order valence-corrected chi connectivity index (χ4v) is 3.21. The summed E-state index contributed by atoms with van der Waals surface area (Å²) in [6.45, 7) is 1.96. The van der Waals surface area contributed by atoms with Gasteiger partial charge in [-0.15, -0.1) is 0 Å². The first-order valence-electron chi connectivity index (χ1n) is 6.71. The van der Waals surface area contributed by atoms with Crippen molar-refractivity contribution in [3.05, 3.63) is 53.6 Å². The topological polar surface area (TPSA) is 64.6 Å². The van der Waals surface area contributed by atoms with Crippen molar-refractivity contribution in [3.8, 4) is 11.5 Å². The van der Waals surface area contributed by atoms with Crippen molar-refractivity contribution >= 4 is 15.7 Å². The van der Waals surface area contributed by atoms with Crippen LogP contribution in [0.4, 0.5) is 5.69 Å². The minimum Gasteiger partial charge on any atom is -0.493 e. The van der Waals surface area contributed by atoms with Gasteiger partial charge in [0.2, 0.25) is 10.0 Å². The van der Waals surface area contributed by atoms with Gasteiger partial charge in [0.05, 0.1) is 25.7 Å². The normalized spacial score (nSPS) is 11.0. The summed E-state index contributed by atoms with van der Waals surface area (Å²) < 4.78 is 37.3. The zero-order valence-electron chi connectivity index (χ0n) is 12.8. The minimum absolute atomic E-state index is 0.0817. The Hall–Kier alpha value is -2.21. The quantitative estimate of drug-likeness (QED) is 0.888. The van der Waals surface area contributed by atoms with Crippen LogP contribution in [0.3, 0.4) is 0 Å². The first-order chi connectivity index (χ1) is 10.4. The van der Waals surface area contributed by atoms with Crippen LogP contribution in [0.25, 0.3) is 0 Å². The van der Waals surface area contributed by atoms with E-state index in [1.54, 1.807) is 18.2 Å². The largest absolute Gasteiger partial charge is 0.493 e. The number of ether oxygens (including phenoxy) is 2. The van der Waals surface area contributed by atoms with Crippen LogP contribution in [0.2, 0.25) is 0 Å². The maximum absolute atomic E-state index is 12.2. The first-order valence-corrected chi connectivity index (χ1v) is 8.37. The Bertz CT molecular complexity index is 739. The summed E-state index contributed by atoms with van der Waals surface area (Å²) in [6, 6.07) is 12.3. The standard InChI is InChI=1S/C16H19NO4S/c1-12-4-6-13(7-5-12)11-22(18,19)17-14-8-9-15(20-2)16(10-14)21-3/h4-10,17H,11H2,1-3H3. The van der Waals surface area contributed by atoms with E-state index in [-0.39, 0.29) is 5.75 Å². The van der Waals surface area contributed by atoms with E-state index >= 15 is 0 Å². The molecule has 0 aromatic heterocycles. The van der Waals surface area contributed by atoms with E-state index in [0.717, 1.165) is 11.1 Å². The van der Waals surface area contributed by atoms with Crippen LogP contribution in [0.1, 0.15) is 11.1 Å². The van der Waals surface area contributed by atoms with Gasteiger partial charge in [-0.1, -0.05) is 29.8 Å². The third-order valence-electron chi connectivity index (χ3n) is 3.13. The third-order valence-corrected chi connectivity index (χ3v) is 4.39. The monoisotopic (exact) mass is 321 g/mol. The molecule has 0 radical (unpaired) electrons. The Balaban J connectivity index is 2.16. The minimum atomic E-state index is -3.49. The number of sulfonamides is 1. The molecule has 0 fully saturated rings. The van der Waals surface area contributed by atoms with Gasteiger partial charge in [-0.25, -0.2) is 8.42 Å². The summed E-state index contributed by atoms with van der Waals surface area (Å²) >= 11 is 0. The molecule has 5 nitrogen and oxygen atoms in total. The maximum Gasteiger partial charge on any atom is 0.236 e. The van der Waals surface area contributed by atoms with Crippen LogP contribution in [0.5, 0.6) is 11.5 Å². The van der Waals surface area contributed by atoms with Crippen molar-refractivity contribution in [2.45, 2.75) is 12.7 Å². The van der Waals surface area contributed by atoms with Gasteiger partial charge in [0.1, 0.15) is 0 Å². The molecular weight excluding hydrogens is 302 g/mol. The molecular formula is C16H19NO4S. The second-order valence-electron chi connectivity index (χ2n) is 4.92. The SMILES string of the molecule is COc1ccc(NS(=O)(=O)Cc2ccc(C)cc2)cc1OC. The van der Waals surface area contributed by atoms with Gasteiger partial charge < -0.3 is 9.47 Å². The lowest BCUT2D eigenvalue weighted by Gasteiger charge is -2.12. The number of anilines is 1. The zero-order chi connectivity index (χ0) is 16.2. The predicted molar refractivity (Wildman–Crippen MR) is 87.0 cm³/mol. The van der Waals surface area contributed by atoms with Crippen LogP contribution in [-0.4, -0.2) is 22.6 Å².